The zero-order valence-corrected chi connectivity index (χ0v) is 18.9. The van der Waals surface area contributed by atoms with E-state index in [1.165, 1.54) is 0 Å². The van der Waals surface area contributed by atoms with Gasteiger partial charge in [0.1, 0.15) is 0 Å². The number of hydrogen-bond acceptors (Lipinski definition) is 6. The molecule has 168 valence electrons. The van der Waals surface area contributed by atoms with E-state index in [1.807, 2.05) is 52.2 Å². The molecular formula is C23H29N7O2. The summed E-state index contributed by atoms with van der Waals surface area (Å²) in [6.45, 7) is 7.82. The monoisotopic (exact) mass is 435 g/mol. The molecule has 32 heavy (non-hydrogen) atoms. The Balaban J connectivity index is 1.35. The van der Waals surface area contributed by atoms with Crippen molar-refractivity contribution in [2.45, 2.75) is 39.5 Å². The molecule has 1 saturated heterocycles. The Morgan fingerprint density at radius 2 is 2.09 bits per heavy atom. The molecule has 1 aliphatic heterocycles. The Bertz CT molecular complexity index is 1090. The minimum Gasteiger partial charge on any atom is -0.372 e. The number of urea groups is 1. The summed E-state index contributed by atoms with van der Waals surface area (Å²) in [5.74, 6) is 0.513. The summed E-state index contributed by atoms with van der Waals surface area (Å²) in [4.78, 5) is 23.0. The molecule has 0 atom stereocenters. The number of benzene rings is 1. The molecule has 3 heterocycles. The molecule has 0 spiro atoms. The lowest BCUT2D eigenvalue weighted by molar-refractivity contribution is -0.0641. The Morgan fingerprint density at radius 3 is 2.78 bits per heavy atom. The molecule has 0 unspecified atom stereocenters. The number of likely N-dealkylation sites (tertiary alicyclic amines) is 1. The number of carbonyl (C=O) groups excluding carboxylic acids is 1. The van der Waals surface area contributed by atoms with Gasteiger partial charge >= 0.3 is 6.03 Å². The van der Waals surface area contributed by atoms with Crippen molar-refractivity contribution in [3.05, 3.63) is 54.0 Å². The number of anilines is 2. The zero-order valence-electron chi connectivity index (χ0n) is 18.9. The summed E-state index contributed by atoms with van der Waals surface area (Å²) in [6.07, 6.45) is 5.64. The van der Waals surface area contributed by atoms with Gasteiger partial charge in [-0.3, -0.25) is 4.68 Å². The van der Waals surface area contributed by atoms with Gasteiger partial charge in [-0.05, 0) is 44.0 Å². The molecule has 1 fully saturated rings. The van der Waals surface area contributed by atoms with E-state index in [-0.39, 0.29) is 18.2 Å². The van der Waals surface area contributed by atoms with Crippen LogP contribution in [0.4, 0.5) is 16.4 Å². The fraction of sp³-hybridized carbons (Fsp3) is 0.391. The summed E-state index contributed by atoms with van der Waals surface area (Å²) in [6, 6.07) is 7.94. The molecule has 0 bridgehead atoms. The van der Waals surface area contributed by atoms with Crippen molar-refractivity contribution >= 4 is 17.7 Å². The van der Waals surface area contributed by atoms with Gasteiger partial charge < -0.3 is 20.3 Å². The Labute approximate surface area is 187 Å². The third-order valence-corrected chi connectivity index (χ3v) is 5.28. The number of rotatable bonds is 7. The molecule has 1 aliphatic rings. The van der Waals surface area contributed by atoms with E-state index in [1.54, 1.807) is 22.0 Å². The number of hydrogen-bond donors (Lipinski definition) is 2. The highest BCUT2D eigenvalue weighted by Crippen LogP contribution is 2.22. The number of ether oxygens (including phenoxy) is 1. The first-order valence-electron chi connectivity index (χ1n) is 10.7. The molecule has 1 aromatic carbocycles. The molecule has 2 N–H and O–H groups in total. The smallest absolute Gasteiger partial charge is 0.317 e. The van der Waals surface area contributed by atoms with Crippen molar-refractivity contribution < 1.29 is 9.53 Å². The summed E-state index contributed by atoms with van der Waals surface area (Å²) in [7, 11) is 1.86. The van der Waals surface area contributed by atoms with Crippen LogP contribution in [0.1, 0.15) is 25.0 Å². The Hall–Kier alpha value is -3.46. The van der Waals surface area contributed by atoms with Crippen molar-refractivity contribution in [3.63, 3.8) is 0 Å². The first-order chi connectivity index (χ1) is 15.4. The fourth-order valence-electron chi connectivity index (χ4n) is 3.61. The number of aryl methyl sites for hydroxylation is 2. The number of carbonyl (C=O) groups is 1. The number of nitrogens with zero attached hydrogens (tertiary/aromatic N) is 5. The maximum Gasteiger partial charge on any atom is 0.317 e. The van der Waals surface area contributed by atoms with Crippen LogP contribution in [0.15, 0.2) is 42.9 Å². The normalized spacial score (nSPS) is 13.8. The lowest BCUT2D eigenvalue weighted by Crippen LogP contribution is -2.58. The van der Waals surface area contributed by atoms with Gasteiger partial charge in [-0.15, -0.1) is 0 Å². The molecule has 9 heteroatoms. The molecule has 9 nitrogen and oxygen atoms in total. The van der Waals surface area contributed by atoms with E-state index < -0.39 is 0 Å². The van der Waals surface area contributed by atoms with Gasteiger partial charge in [0.05, 0.1) is 42.9 Å². The van der Waals surface area contributed by atoms with Gasteiger partial charge in [0.15, 0.2) is 0 Å². The van der Waals surface area contributed by atoms with Crippen LogP contribution in [0.5, 0.6) is 0 Å². The zero-order chi connectivity index (χ0) is 22.7. The van der Waals surface area contributed by atoms with Gasteiger partial charge in [-0.25, -0.2) is 14.8 Å². The van der Waals surface area contributed by atoms with E-state index in [9.17, 15) is 4.79 Å². The van der Waals surface area contributed by atoms with Crippen LogP contribution in [0, 0.1) is 6.92 Å². The van der Waals surface area contributed by atoms with Gasteiger partial charge in [0.25, 0.3) is 0 Å². The fourth-order valence-corrected chi connectivity index (χ4v) is 3.61. The van der Waals surface area contributed by atoms with Crippen molar-refractivity contribution in [1.29, 1.82) is 0 Å². The predicted molar refractivity (Wildman–Crippen MR) is 123 cm³/mol. The first kappa shape index (κ1) is 21.8. The molecule has 2 amide bonds. The van der Waals surface area contributed by atoms with E-state index >= 15 is 0 Å². The highest BCUT2D eigenvalue weighted by Gasteiger charge is 2.31. The number of nitrogens with one attached hydrogen (secondary N) is 2. The minimum absolute atomic E-state index is 0.0565. The Morgan fingerprint density at radius 1 is 1.28 bits per heavy atom. The topological polar surface area (TPSA) is 97.2 Å². The lowest BCUT2D eigenvalue weighted by Gasteiger charge is -2.39. The lowest BCUT2D eigenvalue weighted by atomic mass is 10.0. The van der Waals surface area contributed by atoms with Crippen molar-refractivity contribution in [2.75, 3.05) is 18.4 Å². The van der Waals surface area contributed by atoms with Gasteiger partial charge in [0.2, 0.25) is 5.95 Å². The van der Waals surface area contributed by atoms with Crippen molar-refractivity contribution in [1.82, 2.24) is 30.0 Å². The second-order valence-corrected chi connectivity index (χ2v) is 8.30. The van der Waals surface area contributed by atoms with Gasteiger partial charge in [0, 0.05) is 31.5 Å². The highest BCUT2D eigenvalue weighted by atomic mass is 16.5. The van der Waals surface area contributed by atoms with Crippen LogP contribution in [0.3, 0.4) is 0 Å². The number of aromatic nitrogens is 4. The first-order valence-corrected chi connectivity index (χ1v) is 10.7. The predicted octanol–water partition coefficient (Wildman–Crippen LogP) is 3.25. The summed E-state index contributed by atoms with van der Waals surface area (Å²) in [5, 5.41) is 10.3. The van der Waals surface area contributed by atoms with Crippen LogP contribution < -0.4 is 10.6 Å². The second-order valence-electron chi connectivity index (χ2n) is 8.30. The third kappa shape index (κ3) is 5.23. The molecule has 0 aliphatic carbocycles. The maximum atomic E-state index is 12.3. The highest BCUT2D eigenvalue weighted by molar-refractivity contribution is 5.75. The molecule has 0 saturated carbocycles. The molecule has 2 aromatic heterocycles. The van der Waals surface area contributed by atoms with Crippen LogP contribution >= 0.6 is 0 Å². The van der Waals surface area contributed by atoms with Gasteiger partial charge in [-0.2, -0.15) is 5.10 Å². The van der Waals surface area contributed by atoms with Crippen molar-refractivity contribution in [3.8, 4) is 11.3 Å². The van der Waals surface area contributed by atoms with E-state index in [4.69, 9.17) is 4.74 Å². The van der Waals surface area contributed by atoms with Crippen LogP contribution in [-0.4, -0.2) is 56.0 Å². The molecular weight excluding hydrogens is 406 g/mol. The Kier molecular flexibility index (Phi) is 6.36. The average molecular weight is 436 g/mol. The summed E-state index contributed by atoms with van der Waals surface area (Å²) < 4.78 is 7.42. The van der Waals surface area contributed by atoms with Crippen LogP contribution in [0.25, 0.3) is 11.3 Å². The van der Waals surface area contributed by atoms with E-state index in [0.29, 0.717) is 25.6 Å². The van der Waals surface area contributed by atoms with Crippen molar-refractivity contribution in [2.24, 2.45) is 7.05 Å². The average Bonchev–Trinajstić information content (AvgIpc) is 3.13. The standard InChI is InChI=1S/C23H29N7O2/c1-15(2)32-20-13-30(14-20)23(31)25-10-18-6-5-17(9-16(18)3)21-7-8-24-22(28-21)27-19-11-26-29(4)12-19/h5-9,11-12,15,20H,10,13-14H2,1-4H3,(H,25,31)(H,24,27,28). The minimum atomic E-state index is -0.0565. The number of amides is 2. The van der Waals surface area contributed by atoms with Crippen LogP contribution in [-0.2, 0) is 18.3 Å². The molecule has 0 radical (unpaired) electrons. The van der Waals surface area contributed by atoms with E-state index in [2.05, 4.69) is 31.8 Å². The second kappa shape index (κ2) is 9.35. The third-order valence-electron chi connectivity index (χ3n) is 5.28. The molecule has 4 rings (SSSR count). The SMILES string of the molecule is Cc1cc(-c2ccnc(Nc3cnn(C)c3)n2)ccc1CNC(=O)N1CC(OC(C)C)C1. The van der Waals surface area contributed by atoms with Gasteiger partial charge in [-0.1, -0.05) is 12.1 Å². The summed E-state index contributed by atoms with van der Waals surface area (Å²) >= 11 is 0. The quantitative estimate of drug-likeness (QED) is 0.591. The van der Waals surface area contributed by atoms with E-state index in [0.717, 1.165) is 28.1 Å². The summed E-state index contributed by atoms with van der Waals surface area (Å²) in [5.41, 5.74) is 4.80. The van der Waals surface area contributed by atoms with Crippen LogP contribution in [0.2, 0.25) is 0 Å². The largest absolute Gasteiger partial charge is 0.372 e. The molecule has 3 aromatic rings. The maximum absolute atomic E-state index is 12.3.